The lowest BCUT2D eigenvalue weighted by molar-refractivity contribution is -0.384. The predicted molar refractivity (Wildman–Crippen MR) is 84.0 cm³/mol. The summed E-state index contributed by atoms with van der Waals surface area (Å²) in [4.78, 5) is 21.5. The Morgan fingerprint density at radius 3 is 2.95 bits per heavy atom. The standard InChI is InChI=1S/C14H12ClN5O2/c1-8(9-2-3-10-11(4-9)18-7-17-10)19-12-5-14(15)16-6-13(12)20(21)22/h2-8H,1H3,(H,16,19)(H,17,18). The van der Waals surface area contributed by atoms with Crippen LogP contribution in [-0.4, -0.2) is 19.9 Å². The predicted octanol–water partition coefficient (Wildman–Crippen LogP) is 3.69. The summed E-state index contributed by atoms with van der Waals surface area (Å²) in [5.41, 5.74) is 2.96. The molecule has 0 bridgehead atoms. The van der Waals surface area contributed by atoms with Crippen molar-refractivity contribution in [2.45, 2.75) is 13.0 Å². The number of imidazole rings is 1. The van der Waals surface area contributed by atoms with Crippen LogP contribution in [0, 0.1) is 10.1 Å². The second-order valence-electron chi connectivity index (χ2n) is 4.83. The van der Waals surface area contributed by atoms with E-state index in [-0.39, 0.29) is 16.9 Å². The van der Waals surface area contributed by atoms with Gasteiger partial charge in [-0.2, -0.15) is 0 Å². The zero-order chi connectivity index (χ0) is 15.7. The van der Waals surface area contributed by atoms with E-state index in [1.165, 1.54) is 6.07 Å². The van der Waals surface area contributed by atoms with Crippen LogP contribution in [0.2, 0.25) is 5.15 Å². The van der Waals surface area contributed by atoms with Crippen molar-refractivity contribution in [1.82, 2.24) is 15.0 Å². The van der Waals surface area contributed by atoms with Crippen LogP contribution >= 0.6 is 11.6 Å². The first kappa shape index (κ1) is 14.3. The molecule has 0 saturated heterocycles. The average molecular weight is 318 g/mol. The molecule has 2 aromatic heterocycles. The minimum Gasteiger partial charge on any atom is -0.373 e. The number of aromatic nitrogens is 3. The van der Waals surface area contributed by atoms with Gasteiger partial charge in [0, 0.05) is 12.1 Å². The SMILES string of the molecule is CC(Nc1cc(Cl)ncc1[N+](=O)[O-])c1ccc2[nH]cnc2c1. The largest absolute Gasteiger partial charge is 0.373 e. The quantitative estimate of drug-likeness (QED) is 0.434. The summed E-state index contributed by atoms with van der Waals surface area (Å²) in [6.07, 6.45) is 2.77. The molecule has 2 N–H and O–H groups in total. The van der Waals surface area contributed by atoms with E-state index in [1.807, 2.05) is 25.1 Å². The molecule has 22 heavy (non-hydrogen) atoms. The van der Waals surface area contributed by atoms with Gasteiger partial charge in [-0.1, -0.05) is 17.7 Å². The maximum Gasteiger partial charge on any atom is 0.310 e. The van der Waals surface area contributed by atoms with E-state index < -0.39 is 4.92 Å². The molecule has 0 saturated carbocycles. The molecular formula is C14H12ClN5O2. The number of H-pyrrole nitrogens is 1. The Labute approximate surface area is 130 Å². The van der Waals surface area contributed by atoms with Gasteiger partial charge in [0.05, 0.1) is 22.3 Å². The highest BCUT2D eigenvalue weighted by atomic mass is 35.5. The monoisotopic (exact) mass is 317 g/mol. The Balaban J connectivity index is 1.91. The van der Waals surface area contributed by atoms with E-state index in [0.29, 0.717) is 5.69 Å². The van der Waals surface area contributed by atoms with Gasteiger partial charge in [-0.25, -0.2) is 9.97 Å². The number of pyridine rings is 1. The summed E-state index contributed by atoms with van der Waals surface area (Å²) in [7, 11) is 0. The van der Waals surface area contributed by atoms with Gasteiger partial charge >= 0.3 is 5.69 Å². The number of hydrogen-bond acceptors (Lipinski definition) is 5. The molecule has 1 unspecified atom stereocenters. The smallest absolute Gasteiger partial charge is 0.310 e. The Morgan fingerprint density at radius 2 is 2.18 bits per heavy atom. The molecule has 112 valence electrons. The number of halogens is 1. The van der Waals surface area contributed by atoms with E-state index in [9.17, 15) is 10.1 Å². The van der Waals surface area contributed by atoms with Crippen molar-refractivity contribution in [2.75, 3.05) is 5.32 Å². The summed E-state index contributed by atoms with van der Waals surface area (Å²) in [5, 5.41) is 14.4. The fourth-order valence-corrected chi connectivity index (χ4v) is 2.38. The molecule has 0 aliphatic carbocycles. The molecule has 0 aliphatic rings. The van der Waals surface area contributed by atoms with Crippen LogP contribution in [0.4, 0.5) is 11.4 Å². The fourth-order valence-electron chi connectivity index (χ4n) is 2.22. The van der Waals surface area contributed by atoms with Crippen LogP contribution in [0.1, 0.15) is 18.5 Å². The van der Waals surface area contributed by atoms with Gasteiger partial charge in [-0.05, 0) is 24.6 Å². The number of anilines is 1. The van der Waals surface area contributed by atoms with Crippen LogP contribution in [-0.2, 0) is 0 Å². The van der Waals surface area contributed by atoms with Crippen molar-refractivity contribution in [3.63, 3.8) is 0 Å². The molecule has 1 aromatic carbocycles. The normalized spacial score (nSPS) is 12.3. The number of fused-ring (bicyclic) bond motifs is 1. The highest BCUT2D eigenvalue weighted by Crippen LogP contribution is 2.29. The maximum atomic E-state index is 11.1. The molecule has 0 fully saturated rings. The van der Waals surface area contributed by atoms with Crippen LogP contribution in [0.25, 0.3) is 11.0 Å². The van der Waals surface area contributed by atoms with Crippen LogP contribution in [0.5, 0.6) is 0 Å². The second kappa shape index (κ2) is 5.61. The molecule has 0 amide bonds. The summed E-state index contributed by atoms with van der Waals surface area (Å²) < 4.78 is 0. The van der Waals surface area contributed by atoms with Gasteiger partial charge in [0.2, 0.25) is 0 Å². The maximum absolute atomic E-state index is 11.1. The lowest BCUT2D eigenvalue weighted by Crippen LogP contribution is -2.08. The van der Waals surface area contributed by atoms with E-state index >= 15 is 0 Å². The molecule has 7 nitrogen and oxygen atoms in total. The van der Waals surface area contributed by atoms with Gasteiger partial charge in [-0.15, -0.1) is 0 Å². The van der Waals surface area contributed by atoms with Crippen LogP contribution in [0.15, 0.2) is 36.8 Å². The molecule has 0 aliphatic heterocycles. The molecule has 8 heteroatoms. The Morgan fingerprint density at radius 1 is 1.36 bits per heavy atom. The third-order valence-electron chi connectivity index (χ3n) is 3.36. The second-order valence-corrected chi connectivity index (χ2v) is 5.21. The third-order valence-corrected chi connectivity index (χ3v) is 3.57. The van der Waals surface area contributed by atoms with Crippen molar-refractivity contribution in [1.29, 1.82) is 0 Å². The van der Waals surface area contributed by atoms with Crippen LogP contribution in [0.3, 0.4) is 0 Å². The van der Waals surface area contributed by atoms with Crippen molar-refractivity contribution < 1.29 is 4.92 Å². The van der Waals surface area contributed by atoms with Gasteiger partial charge in [0.1, 0.15) is 17.0 Å². The van der Waals surface area contributed by atoms with Crippen molar-refractivity contribution in [3.8, 4) is 0 Å². The van der Waals surface area contributed by atoms with E-state index in [4.69, 9.17) is 11.6 Å². The lowest BCUT2D eigenvalue weighted by Gasteiger charge is -2.15. The van der Waals surface area contributed by atoms with Gasteiger partial charge in [-0.3, -0.25) is 10.1 Å². The Bertz CT molecular complexity index is 848. The highest BCUT2D eigenvalue weighted by Gasteiger charge is 2.17. The minimum absolute atomic E-state index is 0.114. The topological polar surface area (TPSA) is 96.7 Å². The average Bonchev–Trinajstić information content (AvgIpc) is 2.94. The van der Waals surface area contributed by atoms with Crippen molar-refractivity contribution >= 4 is 34.0 Å². The number of nitrogens with zero attached hydrogens (tertiary/aromatic N) is 3. The number of benzene rings is 1. The molecule has 2 heterocycles. The molecule has 3 rings (SSSR count). The van der Waals surface area contributed by atoms with Crippen molar-refractivity contribution in [3.05, 3.63) is 57.6 Å². The van der Waals surface area contributed by atoms with E-state index in [0.717, 1.165) is 22.8 Å². The first-order valence-corrected chi connectivity index (χ1v) is 6.92. The summed E-state index contributed by atoms with van der Waals surface area (Å²) in [6.45, 7) is 1.91. The Kier molecular flexibility index (Phi) is 3.64. The summed E-state index contributed by atoms with van der Waals surface area (Å²) in [5.74, 6) is 0. The first-order chi connectivity index (χ1) is 10.5. The summed E-state index contributed by atoms with van der Waals surface area (Å²) >= 11 is 5.83. The molecular weight excluding hydrogens is 306 g/mol. The third kappa shape index (κ3) is 2.71. The van der Waals surface area contributed by atoms with Gasteiger partial charge < -0.3 is 10.3 Å². The molecule has 0 spiro atoms. The number of nitro groups is 1. The fraction of sp³-hybridized carbons (Fsp3) is 0.143. The Hall–Kier alpha value is -2.67. The van der Waals surface area contributed by atoms with Crippen molar-refractivity contribution in [2.24, 2.45) is 0 Å². The number of rotatable bonds is 4. The van der Waals surface area contributed by atoms with E-state index in [1.54, 1.807) is 6.33 Å². The summed E-state index contributed by atoms with van der Waals surface area (Å²) in [6, 6.07) is 7.08. The first-order valence-electron chi connectivity index (χ1n) is 6.54. The van der Waals surface area contributed by atoms with Gasteiger partial charge in [0.15, 0.2) is 0 Å². The van der Waals surface area contributed by atoms with Gasteiger partial charge in [0.25, 0.3) is 0 Å². The zero-order valence-electron chi connectivity index (χ0n) is 11.6. The zero-order valence-corrected chi connectivity index (χ0v) is 12.3. The highest BCUT2D eigenvalue weighted by molar-refractivity contribution is 6.29. The molecule has 0 radical (unpaired) electrons. The number of aromatic amines is 1. The van der Waals surface area contributed by atoms with Crippen LogP contribution < -0.4 is 5.32 Å². The number of hydrogen-bond donors (Lipinski definition) is 2. The number of nitrogens with one attached hydrogen (secondary N) is 2. The molecule has 3 aromatic rings. The van der Waals surface area contributed by atoms with E-state index in [2.05, 4.69) is 20.3 Å². The lowest BCUT2D eigenvalue weighted by atomic mass is 10.1. The molecule has 1 atom stereocenters. The minimum atomic E-state index is -0.491.